The van der Waals surface area contributed by atoms with Crippen molar-refractivity contribution in [1.82, 2.24) is 0 Å². The van der Waals surface area contributed by atoms with Crippen molar-refractivity contribution < 1.29 is 8.42 Å². The molecule has 2 aromatic carbocycles. The Morgan fingerprint density at radius 2 is 1.52 bits per heavy atom. The molecule has 0 radical (unpaired) electrons. The Morgan fingerprint density at radius 1 is 0.952 bits per heavy atom. The van der Waals surface area contributed by atoms with Crippen LogP contribution in [0.3, 0.4) is 0 Å². The molecule has 0 unspecified atom stereocenters. The van der Waals surface area contributed by atoms with Gasteiger partial charge in [0.15, 0.2) is 0 Å². The lowest BCUT2D eigenvalue weighted by Crippen LogP contribution is -2.06. The van der Waals surface area contributed by atoms with Crippen molar-refractivity contribution in [3.8, 4) is 0 Å². The molecule has 1 saturated carbocycles. The van der Waals surface area contributed by atoms with E-state index in [-0.39, 0.29) is 5.92 Å². The summed E-state index contributed by atoms with van der Waals surface area (Å²) in [4.78, 5) is 2.00. The van der Waals surface area contributed by atoms with Crippen molar-refractivity contribution in [1.29, 1.82) is 0 Å². The maximum Gasteiger partial charge on any atom is 0.203 e. The smallest absolute Gasteiger partial charge is 0.203 e. The van der Waals surface area contributed by atoms with Crippen LogP contribution < -0.4 is 0 Å². The average molecular weight is 316 g/mol. The fraction of sp³-hybridized carbons (Fsp3) is 0.176. The van der Waals surface area contributed by atoms with E-state index in [1.807, 2.05) is 41.8 Å². The summed E-state index contributed by atoms with van der Waals surface area (Å²) in [5.74, 6) is 0.186. The molecule has 0 spiro atoms. The van der Waals surface area contributed by atoms with Crippen molar-refractivity contribution in [2.45, 2.75) is 22.6 Å². The molecule has 0 heterocycles. The van der Waals surface area contributed by atoms with E-state index >= 15 is 0 Å². The molecule has 2 nitrogen and oxygen atoms in total. The second-order valence-electron chi connectivity index (χ2n) is 5.04. The van der Waals surface area contributed by atoms with Crippen LogP contribution in [-0.4, -0.2) is 8.42 Å². The minimum Gasteiger partial charge on any atom is -0.219 e. The lowest BCUT2D eigenvalue weighted by Gasteiger charge is -2.08. The highest BCUT2D eigenvalue weighted by Gasteiger charge is 2.35. The van der Waals surface area contributed by atoms with E-state index < -0.39 is 9.84 Å². The van der Waals surface area contributed by atoms with Crippen LogP contribution in [0.4, 0.5) is 0 Å². The molecule has 0 N–H and O–H groups in total. The van der Waals surface area contributed by atoms with Crippen LogP contribution >= 0.6 is 11.8 Å². The minimum atomic E-state index is -3.37. The monoisotopic (exact) mass is 316 g/mol. The molecule has 21 heavy (non-hydrogen) atoms. The maximum atomic E-state index is 12.8. The number of sulfone groups is 1. The zero-order valence-corrected chi connectivity index (χ0v) is 13.1. The van der Waals surface area contributed by atoms with Gasteiger partial charge in [-0.05, 0) is 48.4 Å². The molecule has 0 aliphatic heterocycles. The van der Waals surface area contributed by atoms with Crippen molar-refractivity contribution in [2.24, 2.45) is 5.92 Å². The van der Waals surface area contributed by atoms with Crippen LogP contribution in [0.15, 0.2) is 80.8 Å². The Bertz CT molecular complexity index is 731. The van der Waals surface area contributed by atoms with Gasteiger partial charge in [-0.25, -0.2) is 8.42 Å². The Kier molecular flexibility index (Phi) is 4.17. The van der Waals surface area contributed by atoms with Crippen LogP contribution in [0, 0.1) is 5.92 Å². The summed E-state index contributed by atoms with van der Waals surface area (Å²) in [6.45, 7) is 0. The van der Waals surface area contributed by atoms with Gasteiger partial charge in [-0.15, -0.1) is 0 Å². The van der Waals surface area contributed by atoms with Crippen LogP contribution in [0.1, 0.15) is 12.8 Å². The third-order valence-electron chi connectivity index (χ3n) is 3.40. The Hall–Kier alpha value is -1.52. The molecule has 0 atom stereocenters. The molecule has 1 aliphatic rings. The first-order valence-corrected chi connectivity index (χ1v) is 9.26. The van der Waals surface area contributed by atoms with Crippen LogP contribution in [0.2, 0.25) is 0 Å². The normalized spacial score (nSPS) is 15.9. The van der Waals surface area contributed by atoms with E-state index in [1.165, 1.54) is 11.8 Å². The second-order valence-corrected chi connectivity index (χ2v) is 7.93. The zero-order valence-electron chi connectivity index (χ0n) is 11.5. The maximum absolute atomic E-state index is 12.8. The van der Waals surface area contributed by atoms with Crippen molar-refractivity contribution in [3.63, 3.8) is 0 Å². The summed E-state index contributed by atoms with van der Waals surface area (Å²) in [5, 5.41) is 1.81. The molecule has 0 saturated heterocycles. The number of allylic oxidation sites excluding steroid dienone is 1. The molecule has 0 bridgehead atoms. The van der Waals surface area contributed by atoms with E-state index in [0.29, 0.717) is 9.80 Å². The van der Waals surface area contributed by atoms with E-state index in [2.05, 4.69) is 0 Å². The minimum absolute atomic E-state index is 0.186. The topological polar surface area (TPSA) is 34.1 Å². The summed E-state index contributed by atoms with van der Waals surface area (Å²) < 4.78 is 25.5. The molecule has 0 aromatic heterocycles. The number of rotatable bonds is 5. The molecule has 3 rings (SSSR count). The first kappa shape index (κ1) is 14.4. The van der Waals surface area contributed by atoms with E-state index in [9.17, 15) is 8.42 Å². The van der Waals surface area contributed by atoms with Gasteiger partial charge >= 0.3 is 0 Å². The predicted octanol–water partition coefficient (Wildman–Crippen LogP) is 4.50. The summed E-state index contributed by atoms with van der Waals surface area (Å²) in [7, 11) is -3.37. The van der Waals surface area contributed by atoms with Gasteiger partial charge in [-0.3, -0.25) is 0 Å². The summed E-state index contributed by atoms with van der Waals surface area (Å²) in [6, 6.07) is 18.5. The predicted molar refractivity (Wildman–Crippen MR) is 86.7 cm³/mol. The lowest BCUT2D eigenvalue weighted by molar-refractivity contribution is 0.599. The van der Waals surface area contributed by atoms with Gasteiger partial charge in [0.2, 0.25) is 9.84 Å². The fourth-order valence-electron chi connectivity index (χ4n) is 2.11. The molecule has 1 fully saturated rings. The highest BCUT2D eigenvalue weighted by molar-refractivity contribution is 8.03. The van der Waals surface area contributed by atoms with Gasteiger partial charge < -0.3 is 0 Å². The summed E-state index contributed by atoms with van der Waals surface area (Å²) >= 11 is 1.48. The Balaban J connectivity index is 1.92. The van der Waals surface area contributed by atoms with Crippen LogP contribution in [0.25, 0.3) is 0 Å². The Morgan fingerprint density at radius 3 is 2.10 bits per heavy atom. The van der Waals surface area contributed by atoms with Crippen molar-refractivity contribution in [3.05, 3.63) is 71.0 Å². The highest BCUT2D eigenvalue weighted by Crippen LogP contribution is 2.43. The first-order chi connectivity index (χ1) is 10.2. The summed E-state index contributed by atoms with van der Waals surface area (Å²) in [6.07, 6.45) is 1.93. The van der Waals surface area contributed by atoms with Crippen molar-refractivity contribution in [2.75, 3.05) is 0 Å². The number of hydrogen-bond donors (Lipinski definition) is 0. The number of benzene rings is 2. The highest BCUT2D eigenvalue weighted by atomic mass is 32.2. The average Bonchev–Trinajstić information content (AvgIpc) is 3.34. The number of hydrogen-bond acceptors (Lipinski definition) is 3. The SMILES string of the molecule is O=S(=O)(/C(=C/Sc1ccccc1)C1CC1)c1ccccc1. The van der Waals surface area contributed by atoms with Gasteiger partial charge in [-0.1, -0.05) is 48.2 Å². The second kappa shape index (κ2) is 6.08. The van der Waals surface area contributed by atoms with E-state index in [1.54, 1.807) is 24.3 Å². The quantitative estimate of drug-likeness (QED) is 0.761. The van der Waals surface area contributed by atoms with Gasteiger partial charge in [0, 0.05) is 4.90 Å². The third-order valence-corrected chi connectivity index (χ3v) is 6.43. The molecule has 2 aromatic rings. The molecular formula is C17H16O2S2. The van der Waals surface area contributed by atoms with Crippen LogP contribution in [0.5, 0.6) is 0 Å². The van der Waals surface area contributed by atoms with Crippen LogP contribution in [-0.2, 0) is 9.84 Å². The molecule has 1 aliphatic carbocycles. The largest absolute Gasteiger partial charge is 0.219 e. The molecule has 4 heteroatoms. The number of thioether (sulfide) groups is 1. The fourth-order valence-corrected chi connectivity index (χ4v) is 4.98. The van der Waals surface area contributed by atoms with Gasteiger partial charge in [0.25, 0.3) is 0 Å². The zero-order chi connectivity index (χ0) is 14.7. The van der Waals surface area contributed by atoms with Crippen molar-refractivity contribution >= 4 is 21.6 Å². The van der Waals surface area contributed by atoms with Gasteiger partial charge in [0.05, 0.1) is 9.80 Å². The molecular weight excluding hydrogens is 300 g/mol. The Labute approximate surface area is 129 Å². The standard InChI is InChI=1S/C17H16O2S2/c18-21(19,16-9-5-2-6-10-16)17(14-11-12-14)13-20-15-7-3-1-4-8-15/h1-10,13-14H,11-12H2/b17-13+. The van der Waals surface area contributed by atoms with Gasteiger partial charge in [0.1, 0.15) is 0 Å². The summed E-state index contributed by atoms with van der Waals surface area (Å²) in [5.41, 5.74) is 0. The molecule has 108 valence electrons. The van der Waals surface area contributed by atoms with E-state index in [0.717, 1.165) is 17.7 Å². The lowest BCUT2D eigenvalue weighted by atomic mass is 10.4. The third kappa shape index (κ3) is 3.39. The van der Waals surface area contributed by atoms with Gasteiger partial charge in [-0.2, -0.15) is 0 Å². The first-order valence-electron chi connectivity index (χ1n) is 6.90. The van der Waals surface area contributed by atoms with E-state index in [4.69, 9.17) is 0 Å². The molecule has 0 amide bonds.